The molecule has 1 aromatic carbocycles. The number of nitrogens with zero attached hydrogens (tertiary/aromatic N) is 2. The SMILES string of the molecule is CC(=O)c1ccc(S(=O)(=O)N2CC(=O)NC23CCN(C(=O)OC(C)(C)C)CC3)cc1. The van der Waals surface area contributed by atoms with Gasteiger partial charge in [0.05, 0.1) is 11.4 Å². The van der Waals surface area contributed by atoms with E-state index in [2.05, 4.69) is 5.32 Å². The van der Waals surface area contributed by atoms with Crippen LogP contribution in [0.3, 0.4) is 0 Å². The van der Waals surface area contributed by atoms with Crippen molar-refractivity contribution in [2.45, 2.75) is 56.7 Å². The maximum atomic E-state index is 13.3. The zero-order chi connectivity index (χ0) is 22.3. The van der Waals surface area contributed by atoms with Gasteiger partial charge in [-0.1, -0.05) is 12.1 Å². The summed E-state index contributed by atoms with van der Waals surface area (Å²) in [4.78, 5) is 37.5. The maximum Gasteiger partial charge on any atom is 0.410 e. The van der Waals surface area contributed by atoms with Gasteiger partial charge >= 0.3 is 6.09 Å². The number of carbonyl (C=O) groups excluding carboxylic acids is 3. The van der Waals surface area contributed by atoms with Gasteiger partial charge in [-0.3, -0.25) is 9.59 Å². The fraction of sp³-hybridized carbons (Fsp3) is 0.550. The topological polar surface area (TPSA) is 113 Å². The van der Waals surface area contributed by atoms with E-state index in [1.54, 1.807) is 20.8 Å². The van der Waals surface area contributed by atoms with Gasteiger partial charge in [0, 0.05) is 31.5 Å². The van der Waals surface area contributed by atoms with Gasteiger partial charge in [0.15, 0.2) is 5.78 Å². The lowest BCUT2D eigenvalue weighted by Crippen LogP contribution is -2.60. The number of likely N-dealkylation sites (tertiary alicyclic amines) is 1. The van der Waals surface area contributed by atoms with Crippen molar-refractivity contribution in [1.29, 1.82) is 0 Å². The Morgan fingerprint density at radius 1 is 1.10 bits per heavy atom. The molecule has 2 saturated heterocycles. The molecule has 2 heterocycles. The molecule has 2 fully saturated rings. The Kier molecular flexibility index (Phi) is 5.68. The third-order valence-corrected chi connectivity index (χ3v) is 7.15. The molecule has 0 aromatic heterocycles. The van der Waals surface area contributed by atoms with Gasteiger partial charge in [0.25, 0.3) is 0 Å². The summed E-state index contributed by atoms with van der Waals surface area (Å²) in [6, 6.07) is 5.66. The molecule has 3 rings (SSSR count). The molecule has 1 N–H and O–H groups in total. The second-order valence-electron chi connectivity index (χ2n) is 8.64. The smallest absolute Gasteiger partial charge is 0.410 e. The van der Waals surface area contributed by atoms with E-state index in [0.717, 1.165) is 0 Å². The molecule has 30 heavy (non-hydrogen) atoms. The van der Waals surface area contributed by atoms with E-state index in [1.807, 2.05) is 0 Å². The first-order valence-electron chi connectivity index (χ1n) is 9.77. The lowest BCUT2D eigenvalue weighted by molar-refractivity contribution is -0.119. The minimum atomic E-state index is -3.98. The molecule has 9 nitrogen and oxygen atoms in total. The highest BCUT2D eigenvalue weighted by atomic mass is 32.2. The van der Waals surface area contributed by atoms with Crippen molar-refractivity contribution in [3.05, 3.63) is 29.8 Å². The Balaban J connectivity index is 1.81. The molecule has 0 aliphatic carbocycles. The molecule has 0 bridgehead atoms. The summed E-state index contributed by atoms with van der Waals surface area (Å²) in [7, 11) is -3.98. The molecular weight excluding hydrogens is 410 g/mol. The van der Waals surface area contributed by atoms with Crippen LogP contribution in [0.25, 0.3) is 0 Å². The van der Waals surface area contributed by atoms with Crippen LogP contribution in [0, 0.1) is 0 Å². The first-order valence-corrected chi connectivity index (χ1v) is 11.2. The molecule has 0 unspecified atom stereocenters. The summed E-state index contributed by atoms with van der Waals surface area (Å²) in [5.41, 5.74) is -1.31. The fourth-order valence-corrected chi connectivity index (χ4v) is 5.42. The maximum absolute atomic E-state index is 13.3. The second-order valence-corrected chi connectivity index (χ2v) is 10.5. The number of sulfonamides is 1. The van der Waals surface area contributed by atoms with Crippen LogP contribution in [0.2, 0.25) is 0 Å². The van der Waals surface area contributed by atoms with E-state index in [1.165, 1.54) is 40.4 Å². The minimum absolute atomic E-state index is 0.0120. The fourth-order valence-electron chi connectivity index (χ4n) is 3.71. The summed E-state index contributed by atoms with van der Waals surface area (Å²) >= 11 is 0. The van der Waals surface area contributed by atoms with Gasteiger partial charge in [-0.15, -0.1) is 0 Å². The molecular formula is C20H27N3O6S. The predicted molar refractivity (Wildman–Crippen MR) is 108 cm³/mol. The largest absolute Gasteiger partial charge is 0.444 e. The van der Waals surface area contributed by atoms with Crippen LogP contribution in [-0.4, -0.2) is 66.3 Å². The Morgan fingerprint density at radius 2 is 1.67 bits per heavy atom. The van der Waals surface area contributed by atoms with E-state index in [-0.39, 0.29) is 49.1 Å². The summed E-state index contributed by atoms with van der Waals surface area (Å²) < 4.78 is 33.1. The zero-order valence-corrected chi connectivity index (χ0v) is 18.4. The number of amides is 2. The molecule has 2 aliphatic rings. The molecule has 0 radical (unpaired) electrons. The van der Waals surface area contributed by atoms with Crippen molar-refractivity contribution >= 4 is 27.8 Å². The van der Waals surface area contributed by atoms with Gasteiger partial charge in [-0.05, 0) is 39.8 Å². The second kappa shape index (κ2) is 7.66. The van der Waals surface area contributed by atoms with E-state index in [0.29, 0.717) is 5.56 Å². The van der Waals surface area contributed by atoms with Gasteiger partial charge in [-0.2, -0.15) is 4.31 Å². The Bertz CT molecular complexity index is 957. The van der Waals surface area contributed by atoms with Crippen molar-refractivity contribution < 1.29 is 27.5 Å². The average Bonchev–Trinajstić information content (AvgIpc) is 2.97. The molecule has 0 saturated carbocycles. The first-order chi connectivity index (χ1) is 13.8. The highest BCUT2D eigenvalue weighted by Crippen LogP contribution is 2.35. The van der Waals surface area contributed by atoms with E-state index in [9.17, 15) is 22.8 Å². The van der Waals surface area contributed by atoms with Crippen molar-refractivity contribution in [3.8, 4) is 0 Å². The van der Waals surface area contributed by atoms with Crippen molar-refractivity contribution in [2.24, 2.45) is 0 Å². The molecule has 10 heteroatoms. The van der Waals surface area contributed by atoms with Gasteiger partial charge < -0.3 is 15.0 Å². The van der Waals surface area contributed by atoms with Crippen LogP contribution < -0.4 is 5.32 Å². The average molecular weight is 438 g/mol. The van der Waals surface area contributed by atoms with E-state index >= 15 is 0 Å². The molecule has 1 aromatic rings. The van der Waals surface area contributed by atoms with Crippen LogP contribution >= 0.6 is 0 Å². The zero-order valence-electron chi connectivity index (χ0n) is 17.6. The highest BCUT2D eigenvalue weighted by molar-refractivity contribution is 7.89. The van der Waals surface area contributed by atoms with Gasteiger partial charge in [-0.25, -0.2) is 13.2 Å². The van der Waals surface area contributed by atoms with Crippen molar-refractivity contribution in [2.75, 3.05) is 19.6 Å². The third-order valence-electron chi connectivity index (χ3n) is 5.23. The summed E-state index contributed by atoms with van der Waals surface area (Å²) in [5, 5.41) is 2.81. The molecule has 1 spiro atoms. The highest BCUT2D eigenvalue weighted by Gasteiger charge is 2.52. The predicted octanol–water partition coefficient (Wildman–Crippen LogP) is 1.74. The number of piperidine rings is 1. The number of benzene rings is 1. The Labute approximate surface area is 176 Å². The van der Waals surface area contributed by atoms with Crippen molar-refractivity contribution in [3.63, 3.8) is 0 Å². The summed E-state index contributed by atoms with van der Waals surface area (Å²) in [6.45, 7) is 6.95. The summed E-state index contributed by atoms with van der Waals surface area (Å²) in [6.07, 6.45) is 0.0433. The molecule has 2 amide bonds. The number of ether oxygens (including phenoxy) is 1. The lowest BCUT2D eigenvalue weighted by Gasteiger charge is -2.43. The first kappa shape index (κ1) is 22.2. The van der Waals surface area contributed by atoms with Crippen LogP contribution in [0.5, 0.6) is 0 Å². The molecule has 2 aliphatic heterocycles. The lowest BCUT2D eigenvalue weighted by atomic mass is 9.98. The monoisotopic (exact) mass is 437 g/mol. The quantitative estimate of drug-likeness (QED) is 0.721. The van der Waals surface area contributed by atoms with Crippen molar-refractivity contribution in [1.82, 2.24) is 14.5 Å². The molecule has 164 valence electrons. The number of rotatable bonds is 3. The number of hydrogen-bond acceptors (Lipinski definition) is 6. The van der Waals surface area contributed by atoms with Gasteiger partial charge in [0.1, 0.15) is 11.3 Å². The summed E-state index contributed by atoms with van der Waals surface area (Å²) in [5.74, 6) is -0.549. The van der Waals surface area contributed by atoms with E-state index in [4.69, 9.17) is 4.74 Å². The Morgan fingerprint density at radius 3 is 2.17 bits per heavy atom. The Hall–Kier alpha value is -2.46. The van der Waals surface area contributed by atoms with Crippen LogP contribution in [0.15, 0.2) is 29.2 Å². The number of carbonyl (C=O) groups is 3. The van der Waals surface area contributed by atoms with Crippen LogP contribution in [-0.2, 0) is 19.6 Å². The van der Waals surface area contributed by atoms with E-state index < -0.39 is 27.4 Å². The molecule has 0 atom stereocenters. The minimum Gasteiger partial charge on any atom is -0.444 e. The van der Waals surface area contributed by atoms with Crippen LogP contribution in [0.1, 0.15) is 50.9 Å². The van der Waals surface area contributed by atoms with Crippen LogP contribution in [0.4, 0.5) is 4.79 Å². The number of hydrogen-bond donors (Lipinski definition) is 1. The number of nitrogens with one attached hydrogen (secondary N) is 1. The normalized spacial score (nSPS) is 19.6. The standard InChI is InChI=1S/C20H27N3O6S/c1-14(24)15-5-7-16(8-6-15)30(27,28)23-13-17(25)21-20(23)9-11-22(12-10-20)18(26)29-19(2,3)4/h5-8H,9-13H2,1-4H3,(H,21,25). The third kappa shape index (κ3) is 4.34. The number of ketones is 1. The number of Topliss-reactive ketones (excluding diaryl/α,β-unsaturated/α-hetero) is 1. The van der Waals surface area contributed by atoms with Gasteiger partial charge in [0.2, 0.25) is 15.9 Å².